The topological polar surface area (TPSA) is 30.1 Å². The lowest BCUT2D eigenvalue weighted by Gasteiger charge is -2.20. The molecule has 1 aromatic heterocycles. The van der Waals surface area contributed by atoms with Gasteiger partial charge >= 0.3 is 0 Å². The van der Waals surface area contributed by atoms with Gasteiger partial charge in [-0.15, -0.1) is 0 Å². The molecule has 0 saturated carbocycles. The van der Waals surface area contributed by atoms with Crippen LogP contribution in [-0.2, 0) is 0 Å². The largest absolute Gasteiger partial charge is 0.238 e. The van der Waals surface area contributed by atoms with Gasteiger partial charge in [0.25, 0.3) is 0 Å². The second kappa shape index (κ2) is 5.60. The number of benzene rings is 2. The third kappa shape index (κ3) is 2.88. The third-order valence-corrected chi connectivity index (χ3v) is 6.23. The Balaban J connectivity index is 2.18. The molecule has 0 N–H and O–H groups in total. The predicted molar refractivity (Wildman–Crippen MR) is 99.0 cm³/mol. The molecule has 0 amide bonds. The van der Waals surface area contributed by atoms with Gasteiger partial charge in [-0.05, 0) is 19.1 Å². The van der Waals surface area contributed by atoms with E-state index in [0.29, 0.717) is 5.69 Å². The average molecular weight is 317 g/mol. The van der Waals surface area contributed by atoms with Gasteiger partial charge in [-0.1, -0.05) is 54.7 Å². The van der Waals surface area contributed by atoms with E-state index in [9.17, 15) is 0 Å². The molecule has 0 aliphatic heterocycles. The van der Waals surface area contributed by atoms with Gasteiger partial charge in [-0.2, -0.15) is 0 Å². The highest BCUT2D eigenvalue weighted by atomic mass is 28.3. The Morgan fingerprint density at radius 3 is 2.43 bits per heavy atom. The van der Waals surface area contributed by atoms with Crippen molar-refractivity contribution < 1.29 is 0 Å². The molecule has 0 spiro atoms. The lowest BCUT2D eigenvalue weighted by molar-refractivity contribution is 1.22. The van der Waals surface area contributed by atoms with Gasteiger partial charge in [0.15, 0.2) is 5.69 Å². The van der Waals surface area contributed by atoms with Gasteiger partial charge in [0.2, 0.25) is 0 Å². The van der Waals surface area contributed by atoms with Gasteiger partial charge in [0.1, 0.15) is 6.33 Å². The fourth-order valence-corrected chi connectivity index (χ4v) is 4.84. The highest BCUT2D eigenvalue weighted by Crippen LogP contribution is 2.28. The molecule has 0 saturated heterocycles. The maximum Gasteiger partial charge on any atom is 0.189 e. The van der Waals surface area contributed by atoms with E-state index in [1.54, 1.807) is 6.33 Å². The molecule has 0 bridgehead atoms. The van der Waals surface area contributed by atoms with Crippen LogP contribution in [0.1, 0.15) is 5.56 Å². The predicted octanol–water partition coefficient (Wildman–Crippen LogP) is 4.70. The van der Waals surface area contributed by atoms with Crippen LogP contribution in [0.15, 0.2) is 42.7 Å². The van der Waals surface area contributed by atoms with Crippen LogP contribution in [0.3, 0.4) is 0 Å². The Kier molecular flexibility index (Phi) is 3.75. The van der Waals surface area contributed by atoms with Crippen molar-refractivity contribution in [2.75, 3.05) is 0 Å². The summed E-state index contributed by atoms with van der Waals surface area (Å²) in [7, 11) is -1.33. The molecule has 1 heterocycles. The van der Waals surface area contributed by atoms with Crippen molar-refractivity contribution >= 4 is 29.9 Å². The molecule has 3 aromatic rings. The summed E-state index contributed by atoms with van der Waals surface area (Å²) in [6, 6.07) is 12.2. The Hall–Kier alpha value is -2.51. The number of hydrogen-bond acceptors (Lipinski definition) is 2. The van der Waals surface area contributed by atoms with Crippen LogP contribution in [0.4, 0.5) is 5.69 Å². The fourth-order valence-electron chi connectivity index (χ4n) is 3.00. The minimum atomic E-state index is -1.33. The number of hydrogen-bond donors (Lipinski definition) is 0. The standard InChI is InChI=1S/C19H19N3Si/c1-13-10-14(6-9-18(13)23(3,4)5)19-16-8-7-15(20-2)11-17(16)21-12-22-19/h6-12H,1,3-5H3. The fraction of sp³-hybridized carbons (Fsp3) is 0.211. The number of aryl methyl sites for hydroxylation is 1. The zero-order valence-electron chi connectivity index (χ0n) is 13.9. The third-order valence-electron chi connectivity index (χ3n) is 4.06. The molecule has 0 atom stereocenters. The smallest absolute Gasteiger partial charge is 0.189 e. The minimum absolute atomic E-state index is 0.604. The van der Waals surface area contributed by atoms with Crippen LogP contribution >= 0.6 is 0 Å². The summed E-state index contributed by atoms with van der Waals surface area (Å²) in [5.74, 6) is 0. The summed E-state index contributed by atoms with van der Waals surface area (Å²) >= 11 is 0. The second-order valence-corrected chi connectivity index (χ2v) is 11.9. The molecular formula is C19H19N3Si. The van der Waals surface area contributed by atoms with Crippen molar-refractivity contribution in [2.45, 2.75) is 26.6 Å². The summed E-state index contributed by atoms with van der Waals surface area (Å²) in [6.45, 7) is 16.4. The van der Waals surface area contributed by atoms with E-state index in [-0.39, 0.29) is 0 Å². The van der Waals surface area contributed by atoms with E-state index < -0.39 is 8.07 Å². The average Bonchev–Trinajstić information content (AvgIpc) is 2.52. The first kappa shape index (κ1) is 15.4. The molecule has 114 valence electrons. The summed E-state index contributed by atoms with van der Waals surface area (Å²) in [6.07, 6.45) is 1.58. The van der Waals surface area contributed by atoms with Crippen LogP contribution in [0.25, 0.3) is 27.0 Å². The van der Waals surface area contributed by atoms with E-state index in [0.717, 1.165) is 22.2 Å². The molecule has 3 nitrogen and oxygen atoms in total. The summed E-state index contributed by atoms with van der Waals surface area (Å²) in [5.41, 5.74) is 4.78. The van der Waals surface area contributed by atoms with Gasteiger partial charge < -0.3 is 0 Å². The summed E-state index contributed by atoms with van der Waals surface area (Å²) in [4.78, 5) is 12.3. The number of aromatic nitrogens is 2. The highest BCUT2D eigenvalue weighted by Gasteiger charge is 2.19. The molecule has 3 rings (SSSR count). The minimum Gasteiger partial charge on any atom is -0.238 e. The maximum absolute atomic E-state index is 7.13. The zero-order chi connectivity index (χ0) is 16.6. The lowest BCUT2D eigenvalue weighted by Crippen LogP contribution is -2.39. The van der Waals surface area contributed by atoms with Crippen LogP contribution in [0, 0.1) is 13.5 Å². The number of nitrogens with zero attached hydrogens (tertiary/aromatic N) is 3. The normalized spacial score (nSPS) is 11.4. The van der Waals surface area contributed by atoms with Crippen molar-refractivity contribution in [1.29, 1.82) is 0 Å². The molecule has 0 radical (unpaired) electrons. The molecule has 0 unspecified atom stereocenters. The number of fused-ring (bicyclic) bond motifs is 1. The monoisotopic (exact) mass is 317 g/mol. The van der Waals surface area contributed by atoms with E-state index in [1.165, 1.54) is 10.8 Å². The molecule has 23 heavy (non-hydrogen) atoms. The van der Waals surface area contributed by atoms with Crippen molar-refractivity contribution in [1.82, 2.24) is 9.97 Å². The SMILES string of the molecule is [C-]#[N+]c1ccc2c(-c3ccc([Si](C)(C)C)c(C)c3)ncnc2c1. The van der Waals surface area contributed by atoms with E-state index >= 15 is 0 Å². The van der Waals surface area contributed by atoms with Crippen LogP contribution < -0.4 is 5.19 Å². The van der Waals surface area contributed by atoms with Crippen molar-refractivity contribution in [2.24, 2.45) is 0 Å². The quantitative estimate of drug-likeness (QED) is 0.506. The van der Waals surface area contributed by atoms with Gasteiger partial charge in [-0.25, -0.2) is 14.8 Å². The van der Waals surface area contributed by atoms with Crippen molar-refractivity contribution in [3.63, 3.8) is 0 Å². The van der Waals surface area contributed by atoms with Crippen molar-refractivity contribution in [3.8, 4) is 11.3 Å². The first-order valence-electron chi connectivity index (χ1n) is 7.64. The summed E-state index contributed by atoms with van der Waals surface area (Å²) in [5, 5.41) is 2.47. The number of rotatable bonds is 2. The van der Waals surface area contributed by atoms with Gasteiger partial charge in [0, 0.05) is 10.9 Å². The van der Waals surface area contributed by atoms with E-state index in [4.69, 9.17) is 6.57 Å². The molecule has 0 aliphatic carbocycles. The van der Waals surface area contributed by atoms with Crippen LogP contribution in [-0.4, -0.2) is 18.0 Å². The Morgan fingerprint density at radius 2 is 1.78 bits per heavy atom. The Bertz CT molecular complexity index is 933. The molecule has 2 aromatic carbocycles. The maximum atomic E-state index is 7.13. The molecule has 0 aliphatic rings. The van der Waals surface area contributed by atoms with E-state index in [1.807, 2.05) is 18.2 Å². The first-order valence-corrected chi connectivity index (χ1v) is 11.1. The molecule has 0 fully saturated rings. The zero-order valence-corrected chi connectivity index (χ0v) is 14.9. The lowest BCUT2D eigenvalue weighted by atomic mass is 10.0. The Labute approximate surface area is 137 Å². The first-order chi connectivity index (χ1) is 10.9. The Morgan fingerprint density at radius 1 is 1.00 bits per heavy atom. The van der Waals surface area contributed by atoms with Gasteiger partial charge in [0.05, 0.1) is 25.9 Å². The van der Waals surface area contributed by atoms with Gasteiger partial charge in [-0.3, -0.25) is 0 Å². The van der Waals surface area contributed by atoms with E-state index in [2.05, 4.69) is 59.6 Å². The highest BCUT2D eigenvalue weighted by molar-refractivity contribution is 6.89. The van der Waals surface area contributed by atoms with Crippen LogP contribution in [0.5, 0.6) is 0 Å². The summed E-state index contributed by atoms with van der Waals surface area (Å²) < 4.78 is 0. The van der Waals surface area contributed by atoms with Crippen LogP contribution in [0.2, 0.25) is 19.6 Å². The second-order valence-electron chi connectivity index (χ2n) is 6.82. The van der Waals surface area contributed by atoms with Crippen molar-refractivity contribution in [3.05, 3.63) is 59.7 Å². The molecule has 4 heteroatoms. The molecular weight excluding hydrogens is 298 g/mol.